The number of anilines is 1. The van der Waals surface area contributed by atoms with Crippen molar-refractivity contribution in [2.24, 2.45) is 0 Å². The molecule has 1 aromatic heterocycles. The Morgan fingerprint density at radius 3 is 2.48 bits per heavy atom. The summed E-state index contributed by atoms with van der Waals surface area (Å²) in [6, 6.07) is 29.9. The predicted molar refractivity (Wildman–Crippen MR) is 159 cm³/mol. The van der Waals surface area contributed by atoms with Crippen LogP contribution in [0.1, 0.15) is 11.4 Å². The van der Waals surface area contributed by atoms with Gasteiger partial charge in [-0.25, -0.2) is 9.78 Å². The summed E-state index contributed by atoms with van der Waals surface area (Å²) in [5, 5.41) is 14.8. The molecule has 0 fully saturated rings. The normalized spacial score (nSPS) is 11.1. The van der Waals surface area contributed by atoms with E-state index in [-0.39, 0.29) is 11.6 Å². The highest BCUT2D eigenvalue weighted by molar-refractivity contribution is 5.89. The van der Waals surface area contributed by atoms with E-state index in [0.29, 0.717) is 54.0 Å². The van der Waals surface area contributed by atoms with Crippen LogP contribution in [0.25, 0.3) is 27.4 Å². The summed E-state index contributed by atoms with van der Waals surface area (Å²) in [5.74, 6) is 0.577. The van der Waals surface area contributed by atoms with Crippen molar-refractivity contribution in [3.63, 3.8) is 0 Å². The third-order valence-electron chi connectivity index (χ3n) is 6.79. The van der Waals surface area contributed by atoms with Gasteiger partial charge in [0.2, 0.25) is 0 Å². The molecular formula is C32H30N6O2. The molecule has 2 amide bonds. The zero-order valence-electron chi connectivity index (χ0n) is 22.5. The third-order valence-corrected chi connectivity index (χ3v) is 6.79. The Hall–Kier alpha value is -5.00. The van der Waals surface area contributed by atoms with E-state index in [9.17, 15) is 14.9 Å². The molecule has 5 rings (SSSR count). The van der Waals surface area contributed by atoms with E-state index in [2.05, 4.69) is 11.4 Å². The van der Waals surface area contributed by atoms with Crippen molar-refractivity contribution in [2.75, 3.05) is 39.0 Å². The molecule has 0 spiro atoms. The van der Waals surface area contributed by atoms with Crippen molar-refractivity contribution in [1.29, 1.82) is 5.26 Å². The van der Waals surface area contributed by atoms with Crippen molar-refractivity contribution in [1.82, 2.24) is 19.4 Å². The Balaban J connectivity index is 1.50. The molecule has 8 nitrogen and oxygen atoms in total. The minimum absolute atomic E-state index is 0.145. The summed E-state index contributed by atoms with van der Waals surface area (Å²) in [6.45, 7) is 1.48. The van der Waals surface area contributed by atoms with Crippen LogP contribution in [0, 0.1) is 11.3 Å². The van der Waals surface area contributed by atoms with Crippen LogP contribution in [0.4, 0.5) is 10.5 Å². The first-order valence-corrected chi connectivity index (χ1v) is 13.1. The summed E-state index contributed by atoms with van der Waals surface area (Å²) >= 11 is 0. The molecule has 0 aliphatic rings. The second-order valence-corrected chi connectivity index (χ2v) is 9.88. The van der Waals surface area contributed by atoms with Crippen LogP contribution in [0.3, 0.4) is 0 Å². The number of carbonyl (C=O) groups is 1. The number of nitriles is 1. The topological polar surface area (TPSA) is 94.3 Å². The van der Waals surface area contributed by atoms with Crippen molar-refractivity contribution >= 4 is 33.4 Å². The van der Waals surface area contributed by atoms with E-state index >= 15 is 0 Å². The van der Waals surface area contributed by atoms with Gasteiger partial charge in [-0.1, -0.05) is 48.5 Å². The fourth-order valence-corrected chi connectivity index (χ4v) is 4.67. The van der Waals surface area contributed by atoms with Crippen molar-refractivity contribution in [3.8, 4) is 11.8 Å². The molecule has 1 N–H and O–H groups in total. The van der Waals surface area contributed by atoms with Crippen LogP contribution in [0.2, 0.25) is 0 Å². The molecule has 0 atom stereocenters. The number of hydrogen-bond acceptors (Lipinski definition) is 5. The molecule has 0 aliphatic carbocycles. The Labute approximate surface area is 232 Å². The molecule has 0 radical (unpaired) electrons. The largest absolute Gasteiger partial charge is 0.323 e. The van der Waals surface area contributed by atoms with Crippen LogP contribution >= 0.6 is 0 Å². The molecule has 0 aliphatic heterocycles. The molecule has 0 unspecified atom stereocenters. The number of rotatable bonds is 8. The lowest BCUT2D eigenvalue weighted by Crippen LogP contribution is -2.41. The zero-order valence-corrected chi connectivity index (χ0v) is 22.5. The lowest BCUT2D eigenvalue weighted by molar-refractivity contribution is 0.205. The molecule has 0 bridgehead atoms. The quantitative estimate of drug-likeness (QED) is 0.303. The SMILES string of the molecule is CN(C)CCN(CCc1nc2ccccc2c(=O)n1-c1ccc2ccccc2c1)C(=O)Nc1cccc(C#N)c1. The van der Waals surface area contributed by atoms with E-state index in [1.807, 2.05) is 79.7 Å². The van der Waals surface area contributed by atoms with Gasteiger partial charge in [0.25, 0.3) is 5.56 Å². The minimum atomic E-state index is -0.280. The summed E-state index contributed by atoms with van der Waals surface area (Å²) in [4.78, 5) is 35.7. The number of nitrogens with zero attached hydrogens (tertiary/aromatic N) is 5. The highest BCUT2D eigenvalue weighted by atomic mass is 16.2. The standard InChI is InChI=1S/C32H30N6O2/c1-36(2)18-19-37(32(40)34-26-11-7-8-23(20-26)22-33)17-16-30-35-29-13-6-5-12-28(29)31(39)38(30)27-15-14-24-9-3-4-10-25(24)21-27/h3-15,20-21H,16-19H2,1-2H3,(H,34,40). The molecule has 0 saturated heterocycles. The summed E-state index contributed by atoms with van der Waals surface area (Å²) in [6.07, 6.45) is 0.367. The first kappa shape index (κ1) is 26.6. The smallest absolute Gasteiger partial charge is 0.321 e. The van der Waals surface area contributed by atoms with Crippen molar-refractivity contribution in [2.45, 2.75) is 6.42 Å². The summed E-state index contributed by atoms with van der Waals surface area (Å²) < 4.78 is 1.66. The maximum absolute atomic E-state index is 13.8. The fraction of sp³-hybridized carbons (Fsp3) is 0.188. The van der Waals surface area contributed by atoms with Gasteiger partial charge in [-0.15, -0.1) is 0 Å². The average molecular weight is 531 g/mol. The van der Waals surface area contributed by atoms with E-state index < -0.39 is 0 Å². The van der Waals surface area contributed by atoms with Gasteiger partial charge < -0.3 is 15.1 Å². The molecule has 5 aromatic rings. The highest BCUT2D eigenvalue weighted by Crippen LogP contribution is 2.20. The summed E-state index contributed by atoms with van der Waals surface area (Å²) in [7, 11) is 3.91. The predicted octanol–water partition coefficient (Wildman–Crippen LogP) is 5.05. The molecule has 1 heterocycles. The Morgan fingerprint density at radius 2 is 1.68 bits per heavy atom. The van der Waals surface area contributed by atoms with Crippen molar-refractivity contribution in [3.05, 3.63) is 113 Å². The number of amides is 2. The van der Waals surface area contributed by atoms with Gasteiger partial charge in [0.1, 0.15) is 5.82 Å². The molecule has 0 saturated carbocycles. The Morgan fingerprint density at radius 1 is 0.900 bits per heavy atom. The number of para-hydroxylation sites is 1. The van der Waals surface area contributed by atoms with Gasteiger partial charge in [0.15, 0.2) is 0 Å². The Kier molecular flexibility index (Phi) is 7.85. The van der Waals surface area contributed by atoms with Gasteiger partial charge in [0, 0.05) is 31.7 Å². The maximum atomic E-state index is 13.8. The van der Waals surface area contributed by atoms with Crippen LogP contribution < -0.4 is 10.9 Å². The van der Waals surface area contributed by atoms with E-state index in [1.54, 1.807) is 39.8 Å². The first-order chi connectivity index (χ1) is 19.4. The molecule has 40 heavy (non-hydrogen) atoms. The van der Waals surface area contributed by atoms with Crippen LogP contribution in [-0.4, -0.2) is 59.1 Å². The second-order valence-electron chi connectivity index (χ2n) is 9.88. The molecule has 4 aromatic carbocycles. The zero-order chi connectivity index (χ0) is 28.1. The number of nitrogens with one attached hydrogen (secondary N) is 1. The monoisotopic (exact) mass is 530 g/mol. The first-order valence-electron chi connectivity index (χ1n) is 13.1. The average Bonchev–Trinajstić information content (AvgIpc) is 2.97. The third kappa shape index (κ3) is 5.85. The van der Waals surface area contributed by atoms with Gasteiger partial charge >= 0.3 is 6.03 Å². The van der Waals surface area contributed by atoms with Crippen LogP contribution in [-0.2, 0) is 6.42 Å². The highest BCUT2D eigenvalue weighted by Gasteiger charge is 2.18. The van der Waals surface area contributed by atoms with Crippen LogP contribution in [0.5, 0.6) is 0 Å². The van der Waals surface area contributed by atoms with Crippen LogP contribution in [0.15, 0.2) is 95.8 Å². The number of hydrogen-bond donors (Lipinski definition) is 1. The van der Waals surface area contributed by atoms with E-state index in [0.717, 1.165) is 16.5 Å². The van der Waals surface area contributed by atoms with E-state index in [1.165, 1.54) is 0 Å². The van der Waals surface area contributed by atoms with Gasteiger partial charge in [-0.3, -0.25) is 9.36 Å². The van der Waals surface area contributed by atoms with Crippen molar-refractivity contribution < 1.29 is 4.79 Å². The second kappa shape index (κ2) is 11.8. The van der Waals surface area contributed by atoms with Gasteiger partial charge in [0.05, 0.1) is 28.2 Å². The number of urea groups is 1. The number of fused-ring (bicyclic) bond motifs is 2. The van der Waals surface area contributed by atoms with Gasteiger partial charge in [-0.2, -0.15) is 5.26 Å². The number of aromatic nitrogens is 2. The number of benzene rings is 4. The lowest BCUT2D eigenvalue weighted by Gasteiger charge is -2.25. The molecular weight excluding hydrogens is 500 g/mol. The molecule has 200 valence electrons. The number of carbonyl (C=O) groups excluding carboxylic acids is 1. The summed E-state index contributed by atoms with van der Waals surface area (Å²) in [5.41, 5.74) is 2.23. The lowest BCUT2D eigenvalue weighted by atomic mass is 10.1. The van der Waals surface area contributed by atoms with E-state index in [4.69, 9.17) is 4.98 Å². The maximum Gasteiger partial charge on any atom is 0.321 e. The van der Waals surface area contributed by atoms with Gasteiger partial charge in [-0.05, 0) is 67.3 Å². The fourth-order valence-electron chi connectivity index (χ4n) is 4.67. The minimum Gasteiger partial charge on any atom is -0.323 e. The molecule has 8 heteroatoms. The number of likely N-dealkylation sites (N-methyl/N-ethyl adjacent to an activating group) is 1. The Bertz CT molecular complexity index is 1790.